The zero-order valence-electron chi connectivity index (χ0n) is 13.0. The lowest BCUT2D eigenvalue weighted by atomic mass is 10.2. The van der Waals surface area contributed by atoms with Gasteiger partial charge in [-0.25, -0.2) is 9.97 Å². The van der Waals surface area contributed by atoms with Gasteiger partial charge >= 0.3 is 0 Å². The Hall–Kier alpha value is -0.970. The molecule has 1 saturated heterocycles. The molecule has 1 atom stereocenters. The Morgan fingerprint density at radius 2 is 2.00 bits per heavy atom. The van der Waals surface area contributed by atoms with Crippen LogP contribution in [-0.2, 0) is 0 Å². The van der Waals surface area contributed by atoms with Crippen LogP contribution in [0.1, 0.15) is 50.4 Å². The second-order valence-electron chi connectivity index (χ2n) is 5.68. The van der Waals surface area contributed by atoms with Crippen molar-refractivity contribution in [3.8, 4) is 0 Å². The monoisotopic (exact) mass is 294 g/mol. The molecule has 1 aliphatic heterocycles. The molecule has 1 aromatic rings. The minimum atomic E-state index is 0.340. The first-order chi connectivity index (χ1) is 9.61. The van der Waals surface area contributed by atoms with Crippen molar-refractivity contribution in [1.29, 1.82) is 0 Å². The van der Waals surface area contributed by atoms with Crippen molar-refractivity contribution in [3.05, 3.63) is 11.4 Å². The average Bonchev–Trinajstić information content (AvgIpc) is 2.47. The van der Waals surface area contributed by atoms with Crippen molar-refractivity contribution < 1.29 is 0 Å². The van der Waals surface area contributed by atoms with Crippen LogP contribution in [0.25, 0.3) is 0 Å². The van der Waals surface area contributed by atoms with Crippen LogP contribution in [0.5, 0.6) is 0 Å². The maximum absolute atomic E-state index is 4.69. The zero-order chi connectivity index (χ0) is 14.5. The van der Waals surface area contributed by atoms with E-state index in [1.54, 1.807) is 0 Å². The molecule has 1 aromatic heterocycles. The molecule has 2 N–H and O–H groups in total. The largest absolute Gasteiger partial charge is 0.373 e. The molecule has 2 heterocycles. The molecule has 5 heteroatoms. The standard InChI is InChI=1S/C15H26N4S/c1-10(2)13-18-14(16-4)11(3)15(19-13)17-9-12-7-5-6-8-20-12/h10,12H,5-9H2,1-4H3,(H2,16,17,18,19). The fraction of sp³-hybridized carbons (Fsp3) is 0.733. The molecule has 0 amide bonds. The molecule has 20 heavy (non-hydrogen) atoms. The molecule has 1 aliphatic rings. The summed E-state index contributed by atoms with van der Waals surface area (Å²) in [4.78, 5) is 9.27. The summed E-state index contributed by atoms with van der Waals surface area (Å²) in [5, 5.41) is 7.43. The fourth-order valence-corrected chi connectivity index (χ4v) is 3.63. The van der Waals surface area contributed by atoms with Gasteiger partial charge in [-0.1, -0.05) is 20.3 Å². The number of thioether (sulfide) groups is 1. The van der Waals surface area contributed by atoms with Gasteiger partial charge in [0.1, 0.15) is 17.5 Å². The second kappa shape index (κ2) is 7.16. The SMILES string of the molecule is CNc1nc(C(C)C)nc(NCC2CCCCS2)c1C. The van der Waals surface area contributed by atoms with Crippen LogP contribution in [0.4, 0.5) is 11.6 Å². The number of anilines is 2. The van der Waals surface area contributed by atoms with Crippen LogP contribution in [-0.4, -0.2) is 34.6 Å². The third-order valence-corrected chi connectivity index (χ3v) is 5.09. The molecular weight excluding hydrogens is 268 g/mol. The van der Waals surface area contributed by atoms with Crippen molar-refractivity contribution in [1.82, 2.24) is 9.97 Å². The summed E-state index contributed by atoms with van der Waals surface area (Å²) in [5.41, 5.74) is 1.11. The third-order valence-electron chi connectivity index (χ3n) is 3.69. The Bertz CT molecular complexity index is 442. The smallest absolute Gasteiger partial charge is 0.135 e. The van der Waals surface area contributed by atoms with Gasteiger partial charge in [0.05, 0.1) is 0 Å². The first kappa shape index (κ1) is 15.4. The number of nitrogens with zero attached hydrogens (tertiary/aromatic N) is 2. The van der Waals surface area contributed by atoms with Gasteiger partial charge in [-0.3, -0.25) is 0 Å². The van der Waals surface area contributed by atoms with E-state index < -0.39 is 0 Å². The number of rotatable bonds is 5. The first-order valence-electron chi connectivity index (χ1n) is 7.53. The van der Waals surface area contributed by atoms with E-state index in [0.717, 1.165) is 34.8 Å². The molecule has 0 spiro atoms. The molecule has 1 fully saturated rings. The number of hydrogen-bond acceptors (Lipinski definition) is 5. The molecule has 2 rings (SSSR count). The molecule has 0 bridgehead atoms. The number of hydrogen-bond donors (Lipinski definition) is 2. The topological polar surface area (TPSA) is 49.8 Å². The number of nitrogens with one attached hydrogen (secondary N) is 2. The van der Waals surface area contributed by atoms with Gasteiger partial charge in [-0.05, 0) is 25.5 Å². The second-order valence-corrected chi connectivity index (χ2v) is 7.09. The summed E-state index contributed by atoms with van der Waals surface area (Å²) in [6.45, 7) is 7.34. The van der Waals surface area contributed by atoms with Crippen LogP contribution in [0.15, 0.2) is 0 Å². The van der Waals surface area contributed by atoms with Gasteiger partial charge < -0.3 is 10.6 Å². The lowest BCUT2D eigenvalue weighted by molar-refractivity contribution is 0.676. The fourth-order valence-electron chi connectivity index (χ4n) is 2.39. The van der Waals surface area contributed by atoms with E-state index in [9.17, 15) is 0 Å². The predicted octanol–water partition coefficient (Wildman–Crippen LogP) is 3.65. The molecule has 0 aromatic carbocycles. The van der Waals surface area contributed by atoms with Crippen LogP contribution in [0.2, 0.25) is 0 Å². The molecule has 4 nitrogen and oxygen atoms in total. The van der Waals surface area contributed by atoms with Gasteiger partial charge in [0.25, 0.3) is 0 Å². The molecule has 0 aliphatic carbocycles. The summed E-state index contributed by atoms with van der Waals surface area (Å²) in [6, 6.07) is 0. The van der Waals surface area contributed by atoms with E-state index in [0.29, 0.717) is 5.92 Å². The maximum atomic E-state index is 4.69. The van der Waals surface area contributed by atoms with Gasteiger partial charge in [-0.15, -0.1) is 0 Å². The average molecular weight is 294 g/mol. The number of aromatic nitrogens is 2. The first-order valence-corrected chi connectivity index (χ1v) is 8.58. The minimum Gasteiger partial charge on any atom is -0.373 e. The van der Waals surface area contributed by atoms with E-state index in [-0.39, 0.29) is 0 Å². The Morgan fingerprint density at radius 1 is 1.25 bits per heavy atom. The van der Waals surface area contributed by atoms with Crippen molar-refractivity contribution in [2.75, 3.05) is 30.0 Å². The van der Waals surface area contributed by atoms with Gasteiger partial charge in [0.15, 0.2) is 0 Å². The quantitative estimate of drug-likeness (QED) is 0.868. The van der Waals surface area contributed by atoms with Crippen LogP contribution < -0.4 is 10.6 Å². The summed E-state index contributed by atoms with van der Waals surface area (Å²) in [5.74, 6) is 4.46. The highest BCUT2D eigenvalue weighted by Crippen LogP contribution is 2.27. The Balaban J connectivity index is 2.10. The third kappa shape index (κ3) is 3.78. The van der Waals surface area contributed by atoms with Crippen molar-refractivity contribution in [2.24, 2.45) is 0 Å². The lowest BCUT2D eigenvalue weighted by Crippen LogP contribution is -2.21. The Morgan fingerprint density at radius 3 is 2.60 bits per heavy atom. The van der Waals surface area contributed by atoms with E-state index in [1.165, 1.54) is 25.0 Å². The van der Waals surface area contributed by atoms with E-state index in [4.69, 9.17) is 4.98 Å². The molecule has 112 valence electrons. The molecule has 1 unspecified atom stereocenters. The van der Waals surface area contributed by atoms with E-state index >= 15 is 0 Å². The van der Waals surface area contributed by atoms with Gasteiger partial charge in [0, 0.05) is 30.3 Å². The van der Waals surface area contributed by atoms with Crippen LogP contribution >= 0.6 is 11.8 Å². The molecule has 0 saturated carbocycles. The summed E-state index contributed by atoms with van der Waals surface area (Å²) in [7, 11) is 1.92. The van der Waals surface area contributed by atoms with Crippen LogP contribution in [0, 0.1) is 6.92 Å². The van der Waals surface area contributed by atoms with Gasteiger partial charge in [-0.2, -0.15) is 11.8 Å². The predicted molar refractivity (Wildman–Crippen MR) is 89.0 cm³/mol. The minimum absolute atomic E-state index is 0.340. The van der Waals surface area contributed by atoms with Crippen molar-refractivity contribution in [3.63, 3.8) is 0 Å². The van der Waals surface area contributed by atoms with Crippen molar-refractivity contribution >= 4 is 23.4 Å². The summed E-state index contributed by atoms with van der Waals surface area (Å²) in [6.07, 6.45) is 4.05. The summed E-state index contributed by atoms with van der Waals surface area (Å²) >= 11 is 2.09. The highest BCUT2D eigenvalue weighted by molar-refractivity contribution is 7.99. The lowest BCUT2D eigenvalue weighted by Gasteiger charge is -2.22. The Kier molecular flexibility index (Phi) is 5.52. The maximum Gasteiger partial charge on any atom is 0.135 e. The summed E-state index contributed by atoms with van der Waals surface area (Å²) < 4.78 is 0. The highest BCUT2D eigenvalue weighted by atomic mass is 32.2. The van der Waals surface area contributed by atoms with Crippen LogP contribution in [0.3, 0.4) is 0 Å². The Labute approximate surface area is 126 Å². The normalized spacial score (nSPS) is 19.1. The van der Waals surface area contributed by atoms with Gasteiger partial charge in [0.2, 0.25) is 0 Å². The van der Waals surface area contributed by atoms with Crippen molar-refractivity contribution in [2.45, 2.75) is 51.2 Å². The highest BCUT2D eigenvalue weighted by Gasteiger charge is 2.16. The molecular formula is C15H26N4S. The van der Waals surface area contributed by atoms with E-state index in [2.05, 4.69) is 48.2 Å². The molecule has 0 radical (unpaired) electrons. The van der Waals surface area contributed by atoms with E-state index in [1.807, 2.05) is 7.05 Å². The zero-order valence-corrected chi connectivity index (χ0v) is 13.8.